The molecule has 0 aliphatic heterocycles. The Morgan fingerprint density at radius 2 is 0.614 bits per heavy atom. The van der Waals surface area contributed by atoms with Crippen molar-refractivity contribution in [3.63, 3.8) is 0 Å². The summed E-state index contributed by atoms with van der Waals surface area (Å²) in [5, 5.41) is 4.41. The summed E-state index contributed by atoms with van der Waals surface area (Å²) in [7, 11) is 0. The van der Waals surface area contributed by atoms with Gasteiger partial charge in [-0.3, -0.25) is 9.97 Å². The average molecular weight is 565 g/mol. The molecule has 8 aromatic rings. The second-order valence-electron chi connectivity index (χ2n) is 10.7. The maximum absolute atomic E-state index is 4.82. The Hall–Kier alpha value is -6.00. The summed E-state index contributed by atoms with van der Waals surface area (Å²) < 4.78 is 0. The molecule has 0 atom stereocenters. The molecule has 0 bridgehead atoms. The van der Waals surface area contributed by atoms with Crippen LogP contribution < -0.4 is 9.80 Å². The standard InChI is InChI=1S/C40H28N4/c1-5-13-29(14-6-1)43(30-15-7-2-8-16-30)33-21-23-35-37(27-33)38-28-34(22-24-36(38)40-39(35)41-25-26-42-40)44(31-17-9-3-10-18-31)32-19-11-4-12-20-32/h1-28H. The van der Waals surface area contributed by atoms with Crippen LogP contribution >= 0.6 is 0 Å². The number of hydrogen-bond donors (Lipinski definition) is 0. The van der Waals surface area contributed by atoms with Crippen LogP contribution in [0.1, 0.15) is 0 Å². The van der Waals surface area contributed by atoms with Gasteiger partial charge in [-0.25, -0.2) is 0 Å². The van der Waals surface area contributed by atoms with Crippen LogP contribution in [-0.2, 0) is 0 Å². The molecule has 0 aliphatic carbocycles. The van der Waals surface area contributed by atoms with Crippen molar-refractivity contribution in [2.24, 2.45) is 0 Å². The summed E-state index contributed by atoms with van der Waals surface area (Å²) in [6.45, 7) is 0. The lowest BCUT2D eigenvalue weighted by atomic mass is 9.97. The monoisotopic (exact) mass is 564 g/mol. The summed E-state index contributed by atoms with van der Waals surface area (Å²) >= 11 is 0. The van der Waals surface area contributed by atoms with Crippen LogP contribution in [0.5, 0.6) is 0 Å². The number of aromatic nitrogens is 2. The van der Waals surface area contributed by atoms with E-state index in [-0.39, 0.29) is 0 Å². The smallest absolute Gasteiger partial charge is 0.0971 e. The van der Waals surface area contributed by atoms with E-state index in [1.165, 1.54) is 0 Å². The predicted octanol–water partition coefficient (Wildman–Crippen LogP) is 10.9. The normalized spacial score (nSPS) is 11.2. The van der Waals surface area contributed by atoms with Crippen molar-refractivity contribution in [3.05, 3.63) is 170 Å². The van der Waals surface area contributed by atoms with Crippen molar-refractivity contribution < 1.29 is 0 Å². The predicted molar refractivity (Wildman–Crippen MR) is 184 cm³/mol. The fraction of sp³-hybridized carbons (Fsp3) is 0. The van der Waals surface area contributed by atoms with Crippen molar-refractivity contribution in [3.8, 4) is 0 Å². The zero-order chi connectivity index (χ0) is 29.3. The molecule has 1 heterocycles. The Morgan fingerprint density at radius 1 is 0.295 bits per heavy atom. The zero-order valence-corrected chi connectivity index (χ0v) is 24.0. The first-order chi connectivity index (χ1) is 21.8. The minimum Gasteiger partial charge on any atom is -0.310 e. The third-order valence-electron chi connectivity index (χ3n) is 8.08. The molecule has 0 amide bonds. The van der Waals surface area contributed by atoms with Crippen LogP contribution in [-0.4, -0.2) is 9.97 Å². The summed E-state index contributed by atoms with van der Waals surface area (Å²) in [5.41, 5.74) is 8.36. The van der Waals surface area contributed by atoms with Crippen LogP contribution in [0.2, 0.25) is 0 Å². The maximum atomic E-state index is 4.82. The number of anilines is 6. The van der Waals surface area contributed by atoms with Crippen LogP contribution in [0, 0.1) is 0 Å². The van der Waals surface area contributed by atoms with Gasteiger partial charge in [-0.2, -0.15) is 0 Å². The van der Waals surface area contributed by atoms with E-state index >= 15 is 0 Å². The molecule has 1 aromatic heterocycles. The van der Waals surface area contributed by atoms with Crippen molar-refractivity contribution in [2.75, 3.05) is 9.80 Å². The van der Waals surface area contributed by atoms with E-state index < -0.39 is 0 Å². The fourth-order valence-electron chi connectivity index (χ4n) is 6.14. The lowest BCUT2D eigenvalue weighted by molar-refractivity contribution is 1.28. The Morgan fingerprint density at radius 3 is 0.932 bits per heavy atom. The average Bonchev–Trinajstić information content (AvgIpc) is 3.10. The minimum atomic E-state index is 0.906. The largest absolute Gasteiger partial charge is 0.310 e. The highest BCUT2D eigenvalue weighted by molar-refractivity contribution is 6.24. The van der Waals surface area contributed by atoms with Crippen molar-refractivity contribution in [1.82, 2.24) is 9.97 Å². The lowest BCUT2D eigenvalue weighted by Gasteiger charge is -2.27. The molecule has 44 heavy (non-hydrogen) atoms. The molecular formula is C40H28N4. The van der Waals surface area contributed by atoms with Crippen LogP contribution in [0.3, 0.4) is 0 Å². The zero-order valence-electron chi connectivity index (χ0n) is 24.0. The number of fused-ring (bicyclic) bond motifs is 6. The number of nitrogens with zero attached hydrogens (tertiary/aromatic N) is 4. The first-order valence-corrected chi connectivity index (χ1v) is 14.8. The van der Waals surface area contributed by atoms with Crippen LogP contribution in [0.15, 0.2) is 170 Å². The molecule has 0 unspecified atom stereocenters. The van der Waals surface area contributed by atoms with Crippen molar-refractivity contribution in [2.45, 2.75) is 0 Å². The van der Waals surface area contributed by atoms with Gasteiger partial charge in [-0.05, 0) is 83.6 Å². The van der Waals surface area contributed by atoms with Gasteiger partial charge in [0.25, 0.3) is 0 Å². The highest BCUT2D eigenvalue weighted by atomic mass is 15.1. The van der Waals surface area contributed by atoms with Crippen LogP contribution in [0.25, 0.3) is 32.6 Å². The van der Waals surface area contributed by atoms with E-state index in [1.54, 1.807) is 12.4 Å². The molecule has 0 saturated carbocycles. The molecule has 0 N–H and O–H groups in total. The molecule has 8 rings (SSSR count). The van der Waals surface area contributed by atoms with Gasteiger partial charge < -0.3 is 9.80 Å². The first kappa shape index (κ1) is 25.7. The number of benzene rings is 7. The Kier molecular flexibility index (Phi) is 6.43. The Balaban J connectivity index is 1.41. The molecule has 0 spiro atoms. The fourth-order valence-corrected chi connectivity index (χ4v) is 6.14. The molecular weight excluding hydrogens is 536 g/mol. The SMILES string of the molecule is c1ccc(N(c2ccccc2)c2ccc3c(c2)c2cc(N(c4ccccc4)c4ccccc4)ccc2c2nccnc32)cc1. The van der Waals surface area contributed by atoms with Gasteiger partial charge in [0.2, 0.25) is 0 Å². The number of rotatable bonds is 6. The molecule has 4 nitrogen and oxygen atoms in total. The van der Waals surface area contributed by atoms with Gasteiger partial charge in [-0.1, -0.05) is 84.9 Å². The second-order valence-corrected chi connectivity index (χ2v) is 10.7. The van der Waals surface area contributed by atoms with Crippen molar-refractivity contribution in [1.29, 1.82) is 0 Å². The van der Waals surface area contributed by atoms with Gasteiger partial charge in [0, 0.05) is 57.3 Å². The van der Waals surface area contributed by atoms with Gasteiger partial charge >= 0.3 is 0 Å². The molecule has 0 saturated heterocycles. The summed E-state index contributed by atoms with van der Waals surface area (Å²) in [5.74, 6) is 0. The molecule has 0 fully saturated rings. The van der Waals surface area contributed by atoms with E-state index in [0.717, 1.165) is 66.7 Å². The second kappa shape index (κ2) is 11.0. The van der Waals surface area contributed by atoms with Crippen molar-refractivity contribution >= 4 is 66.7 Å². The molecule has 208 valence electrons. The van der Waals surface area contributed by atoms with Gasteiger partial charge in [0.05, 0.1) is 11.0 Å². The third-order valence-corrected chi connectivity index (χ3v) is 8.08. The van der Waals surface area contributed by atoms with E-state index in [1.807, 2.05) is 0 Å². The number of hydrogen-bond acceptors (Lipinski definition) is 4. The van der Waals surface area contributed by atoms with Gasteiger partial charge in [-0.15, -0.1) is 0 Å². The minimum absolute atomic E-state index is 0.906. The Labute approximate surface area is 256 Å². The summed E-state index contributed by atoms with van der Waals surface area (Å²) in [6, 6.07) is 55.4. The summed E-state index contributed by atoms with van der Waals surface area (Å²) in [6.07, 6.45) is 3.56. The molecule has 4 heteroatoms. The summed E-state index contributed by atoms with van der Waals surface area (Å²) in [4.78, 5) is 14.2. The van der Waals surface area contributed by atoms with E-state index in [9.17, 15) is 0 Å². The highest BCUT2D eigenvalue weighted by Gasteiger charge is 2.18. The molecule has 7 aromatic carbocycles. The van der Waals surface area contributed by atoms with Gasteiger partial charge in [0.15, 0.2) is 0 Å². The topological polar surface area (TPSA) is 32.3 Å². The van der Waals surface area contributed by atoms with Gasteiger partial charge in [0.1, 0.15) is 0 Å². The van der Waals surface area contributed by atoms with E-state index in [4.69, 9.17) is 9.97 Å². The quantitative estimate of drug-likeness (QED) is 0.188. The number of para-hydroxylation sites is 4. The lowest BCUT2D eigenvalue weighted by Crippen LogP contribution is -2.10. The Bertz CT molecular complexity index is 1980. The maximum Gasteiger partial charge on any atom is 0.0971 e. The first-order valence-electron chi connectivity index (χ1n) is 14.8. The van der Waals surface area contributed by atoms with Crippen LogP contribution in [0.4, 0.5) is 34.1 Å². The highest BCUT2D eigenvalue weighted by Crippen LogP contribution is 2.42. The molecule has 0 aliphatic rings. The van der Waals surface area contributed by atoms with E-state index in [0.29, 0.717) is 0 Å². The van der Waals surface area contributed by atoms with E-state index in [2.05, 4.69) is 168 Å². The third kappa shape index (κ3) is 4.50. The molecule has 0 radical (unpaired) electrons.